The van der Waals surface area contributed by atoms with Gasteiger partial charge in [0.05, 0.1) is 15.9 Å². The molecule has 4 heterocycles. The van der Waals surface area contributed by atoms with E-state index in [1.165, 1.54) is 30.4 Å². The number of fused-ring (bicyclic) bond motifs is 6. The van der Waals surface area contributed by atoms with Crippen molar-refractivity contribution in [2.45, 2.75) is 0 Å². The summed E-state index contributed by atoms with van der Waals surface area (Å²) in [6.45, 7) is 0. The van der Waals surface area contributed by atoms with Gasteiger partial charge in [0, 0.05) is 58.1 Å². The number of aromatic nitrogens is 5. The van der Waals surface area contributed by atoms with Crippen LogP contribution in [0.25, 0.3) is 108 Å². The highest BCUT2D eigenvalue weighted by Gasteiger charge is 2.18. The Labute approximate surface area is 330 Å². The second-order valence-corrected chi connectivity index (χ2v) is 15.8. The van der Waals surface area contributed by atoms with Crippen LogP contribution in [0.4, 0.5) is 0 Å². The summed E-state index contributed by atoms with van der Waals surface area (Å²) in [5, 5.41) is 3.61. The molecule has 0 atom stereocenters. The summed E-state index contributed by atoms with van der Waals surface area (Å²) in [6, 6.07) is 61.0. The van der Waals surface area contributed by atoms with Crippen molar-refractivity contribution >= 4 is 63.1 Å². The number of nitrogens with zero attached hydrogens (tertiary/aromatic N) is 5. The summed E-state index contributed by atoms with van der Waals surface area (Å²) in [6.07, 6.45) is 0. The van der Waals surface area contributed by atoms with Crippen LogP contribution in [0, 0.1) is 0 Å². The molecule has 0 saturated heterocycles. The predicted molar refractivity (Wildman–Crippen MR) is 234 cm³/mol. The van der Waals surface area contributed by atoms with Gasteiger partial charge in [0.1, 0.15) is 0 Å². The zero-order valence-electron chi connectivity index (χ0n) is 29.8. The Morgan fingerprint density at radius 2 is 0.821 bits per heavy atom. The molecule has 0 amide bonds. The molecule has 0 bridgehead atoms. The lowest BCUT2D eigenvalue weighted by atomic mass is 10.00. The first-order chi connectivity index (χ1) is 27.7. The Kier molecular flexibility index (Phi) is 7.79. The molecule has 56 heavy (non-hydrogen) atoms. The van der Waals surface area contributed by atoms with Crippen LogP contribution in [-0.2, 0) is 0 Å². The van der Waals surface area contributed by atoms with E-state index < -0.39 is 0 Å². The van der Waals surface area contributed by atoms with Crippen LogP contribution in [0.1, 0.15) is 0 Å². The quantitative estimate of drug-likeness (QED) is 0.169. The van der Waals surface area contributed by atoms with Crippen LogP contribution in [0.5, 0.6) is 0 Å². The van der Waals surface area contributed by atoms with Gasteiger partial charge in [0.25, 0.3) is 0 Å². The van der Waals surface area contributed by atoms with Crippen LogP contribution in [-0.4, -0.2) is 24.9 Å². The first kappa shape index (κ1) is 32.5. The first-order valence-electron chi connectivity index (χ1n) is 18.4. The SMILES string of the molecule is c1ccc(-c2nc(-c3ccccc3)nc(-c3ccc4c(c3)sc3c(-c5ccc(-c6nc(-c7ccccc7)nc7c6sc6ccccc67)cc5)cccc34)n2)cc1. The summed E-state index contributed by atoms with van der Waals surface area (Å²) in [5.74, 6) is 2.70. The van der Waals surface area contributed by atoms with Crippen LogP contribution in [0.15, 0.2) is 176 Å². The van der Waals surface area contributed by atoms with Gasteiger partial charge in [-0.05, 0) is 23.3 Å². The van der Waals surface area contributed by atoms with E-state index in [0.29, 0.717) is 17.5 Å². The number of hydrogen-bond acceptors (Lipinski definition) is 7. The van der Waals surface area contributed by atoms with Gasteiger partial charge in [-0.25, -0.2) is 24.9 Å². The molecule has 0 fully saturated rings. The lowest BCUT2D eigenvalue weighted by molar-refractivity contribution is 1.07. The van der Waals surface area contributed by atoms with Crippen molar-refractivity contribution in [2.75, 3.05) is 0 Å². The van der Waals surface area contributed by atoms with E-state index in [1.54, 1.807) is 11.3 Å². The lowest BCUT2D eigenvalue weighted by Crippen LogP contribution is -1.99. The fraction of sp³-hybridized carbons (Fsp3) is 0. The second-order valence-electron chi connectivity index (χ2n) is 13.6. The molecule has 0 aliphatic carbocycles. The molecule has 11 aromatic rings. The average molecular weight is 752 g/mol. The fourth-order valence-electron chi connectivity index (χ4n) is 7.41. The molecule has 262 valence electrons. The number of hydrogen-bond donors (Lipinski definition) is 0. The van der Waals surface area contributed by atoms with Crippen LogP contribution in [0.3, 0.4) is 0 Å². The van der Waals surface area contributed by atoms with E-state index in [0.717, 1.165) is 60.5 Å². The normalized spacial score (nSPS) is 11.6. The predicted octanol–water partition coefficient (Wildman–Crippen LogP) is 13.4. The molecule has 5 nitrogen and oxygen atoms in total. The maximum absolute atomic E-state index is 5.18. The minimum Gasteiger partial charge on any atom is -0.226 e. The highest BCUT2D eigenvalue weighted by Crippen LogP contribution is 2.43. The second kappa shape index (κ2) is 13.4. The van der Waals surface area contributed by atoms with E-state index in [1.807, 2.05) is 90.2 Å². The molecule has 0 radical (unpaired) electrons. The van der Waals surface area contributed by atoms with Crippen molar-refractivity contribution in [3.63, 3.8) is 0 Å². The summed E-state index contributed by atoms with van der Waals surface area (Å²) < 4.78 is 4.75. The third kappa shape index (κ3) is 5.64. The largest absolute Gasteiger partial charge is 0.226 e. The molecule has 0 saturated carbocycles. The topological polar surface area (TPSA) is 64.5 Å². The monoisotopic (exact) mass is 751 g/mol. The minimum absolute atomic E-state index is 0.653. The molecular formula is C49H29N5S2. The van der Waals surface area contributed by atoms with Gasteiger partial charge in [0.2, 0.25) is 0 Å². The van der Waals surface area contributed by atoms with Crippen molar-refractivity contribution in [1.29, 1.82) is 0 Å². The molecule has 0 aliphatic heterocycles. The number of benzene rings is 7. The van der Waals surface area contributed by atoms with Crippen molar-refractivity contribution in [3.8, 4) is 67.9 Å². The molecule has 0 aliphatic rings. The Morgan fingerprint density at radius 3 is 1.48 bits per heavy atom. The number of thiophene rings is 2. The third-order valence-electron chi connectivity index (χ3n) is 10.2. The van der Waals surface area contributed by atoms with Crippen LogP contribution >= 0.6 is 22.7 Å². The van der Waals surface area contributed by atoms with E-state index in [2.05, 4.69) is 97.1 Å². The Bertz CT molecular complexity index is 3170. The van der Waals surface area contributed by atoms with Crippen molar-refractivity contribution in [2.24, 2.45) is 0 Å². The number of rotatable bonds is 6. The fourth-order valence-corrected chi connectivity index (χ4v) is 9.84. The molecule has 0 N–H and O–H groups in total. The molecule has 7 heteroatoms. The molecule has 11 rings (SSSR count). The van der Waals surface area contributed by atoms with Crippen LogP contribution < -0.4 is 0 Å². The zero-order chi connectivity index (χ0) is 37.0. The third-order valence-corrected chi connectivity index (χ3v) is 12.5. The first-order valence-corrected chi connectivity index (χ1v) is 20.0. The molecular weight excluding hydrogens is 723 g/mol. The maximum atomic E-state index is 5.18. The smallest absolute Gasteiger partial charge is 0.164 e. The molecule has 7 aromatic carbocycles. The Morgan fingerprint density at radius 1 is 0.304 bits per heavy atom. The van der Waals surface area contributed by atoms with E-state index >= 15 is 0 Å². The van der Waals surface area contributed by atoms with E-state index in [9.17, 15) is 0 Å². The van der Waals surface area contributed by atoms with E-state index in [4.69, 9.17) is 24.9 Å². The highest BCUT2D eigenvalue weighted by molar-refractivity contribution is 7.26. The van der Waals surface area contributed by atoms with Gasteiger partial charge in [0.15, 0.2) is 23.3 Å². The maximum Gasteiger partial charge on any atom is 0.164 e. The van der Waals surface area contributed by atoms with Crippen molar-refractivity contribution in [1.82, 2.24) is 24.9 Å². The standard InChI is InChI=1S/C49H29N5S2/c1-4-13-32(14-5-1)46-50-42(45-43(51-46)39-19-10-11-22-40(39)55-45)31-25-23-30(24-26-31)36-20-12-21-38-37-28-27-35(29-41(37)56-44(36)38)49-53-47(33-15-6-2-7-16-33)52-48(54-49)34-17-8-3-9-18-34/h1-29H. The van der Waals surface area contributed by atoms with Gasteiger partial charge in [-0.15, -0.1) is 22.7 Å². The summed E-state index contributed by atoms with van der Waals surface area (Å²) in [5.41, 5.74) is 9.26. The molecule has 0 spiro atoms. The summed E-state index contributed by atoms with van der Waals surface area (Å²) in [4.78, 5) is 25.1. The average Bonchev–Trinajstić information content (AvgIpc) is 3.85. The molecule has 4 aromatic heterocycles. The summed E-state index contributed by atoms with van der Waals surface area (Å²) >= 11 is 3.56. The summed E-state index contributed by atoms with van der Waals surface area (Å²) in [7, 11) is 0. The van der Waals surface area contributed by atoms with E-state index in [-0.39, 0.29) is 0 Å². The van der Waals surface area contributed by atoms with Gasteiger partial charge in [-0.3, -0.25) is 0 Å². The van der Waals surface area contributed by atoms with Crippen molar-refractivity contribution in [3.05, 3.63) is 176 Å². The Balaban J connectivity index is 1.00. The lowest BCUT2D eigenvalue weighted by Gasteiger charge is -2.09. The minimum atomic E-state index is 0.653. The van der Waals surface area contributed by atoms with Crippen molar-refractivity contribution < 1.29 is 0 Å². The van der Waals surface area contributed by atoms with Gasteiger partial charge in [-0.1, -0.05) is 164 Å². The van der Waals surface area contributed by atoms with Gasteiger partial charge in [-0.2, -0.15) is 0 Å². The van der Waals surface area contributed by atoms with Crippen LogP contribution in [0.2, 0.25) is 0 Å². The molecule has 0 unspecified atom stereocenters. The highest BCUT2D eigenvalue weighted by atomic mass is 32.1. The van der Waals surface area contributed by atoms with Gasteiger partial charge < -0.3 is 0 Å². The Hall–Kier alpha value is -6.93. The zero-order valence-corrected chi connectivity index (χ0v) is 31.4. The van der Waals surface area contributed by atoms with Gasteiger partial charge >= 0.3 is 0 Å².